The van der Waals surface area contributed by atoms with Gasteiger partial charge in [-0.15, -0.1) is 10.2 Å². The van der Waals surface area contributed by atoms with Crippen LogP contribution < -0.4 is 0 Å². The number of nitrogens with zero attached hydrogens (tertiary/aromatic N) is 5. The highest BCUT2D eigenvalue weighted by Crippen LogP contribution is 2.12. The zero-order valence-electron chi connectivity index (χ0n) is 13.1. The number of tetrazole rings is 1. The van der Waals surface area contributed by atoms with Gasteiger partial charge in [-0.25, -0.2) is 4.39 Å². The van der Waals surface area contributed by atoms with Gasteiger partial charge in [0.2, 0.25) is 11.7 Å². The van der Waals surface area contributed by atoms with Gasteiger partial charge in [-0.2, -0.15) is 4.80 Å². The summed E-state index contributed by atoms with van der Waals surface area (Å²) < 4.78 is 12.9. The van der Waals surface area contributed by atoms with Crippen molar-refractivity contribution in [1.82, 2.24) is 25.1 Å². The Labute approximate surface area is 138 Å². The lowest BCUT2D eigenvalue weighted by Gasteiger charge is -2.16. The summed E-state index contributed by atoms with van der Waals surface area (Å²) in [5.74, 6) is 0.0221. The average molecular weight is 325 g/mol. The Balaban J connectivity index is 1.62. The van der Waals surface area contributed by atoms with Gasteiger partial charge in [-0.05, 0) is 22.9 Å². The second-order valence-corrected chi connectivity index (χ2v) is 5.39. The number of amides is 1. The lowest BCUT2D eigenvalue weighted by molar-refractivity contribution is -0.131. The molecule has 0 aliphatic heterocycles. The Morgan fingerprint density at radius 2 is 1.83 bits per heavy atom. The molecule has 3 rings (SSSR count). The Bertz CT molecular complexity index is 817. The van der Waals surface area contributed by atoms with E-state index < -0.39 is 0 Å². The molecule has 0 aliphatic rings. The van der Waals surface area contributed by atoms with Gasteiger partial charge in [-0.1, -0.05) is 42.5 Å². The lowest BCUT2D eigenvalue weighted by atomic mass is 10.2. The maximum absolute atomic E-state index is 12.9. The van der Waals surface area contributed by atoms with Crippen LogP contribution in [0.15, 0.2) is 54.6 Å². The van der Waals surface area contributed by atoms with Crippen LogP contribution in [0.25, 0.3) is 11.4 Å². The van der Waals surface area contributed by atoms with E-state index in [1.165, 1.54) is 16.9 Å². The molecule has 6 nitrogen and oxygen atoms in total. The molecule has 24 heavy (non-hydrogen) atoms. The molecule has 1 heterocycles. The van der Waals surface area contributed by atoms with Crippen LogP contribution in [-0.2, 0) is 17.9 Å². The van der Waals surface area contributed by atoms with Crippen molar-refractivity contribution < 1.29 is 9.18 Å². The molecular formula is C17H16FN5O. The maximum atomic E-state index is 12.9. The van der Waals surface area contributed by atoms with Gasteiger partial charge in [-0.3, -0.25) is 4.79 Å². The number of carbonyl (C=O) groups excluding carboxylic acids is 1. The van der Waals surface area contributed by atoms with Crippen molar-refractivity contribution in [2.75, 3.05) is 7.05 Å². The highest BCUT2D eigenvalue weighted by atomic mass is 19.1. The predicted octanol–water partition coefficient (Wildman–Crippen LogP) is 2.14. The van der Waals surface area contributed by atoms with Gasteiger partial charge in [0, 0.05) is 19.2 Å². The lowest BCUT2D eigenvalue weighted by Crippen LogP contribution is -2.30. The van der Waals surface area contributed by atoms with Crippen LogP contribution in [0.3, 0.4) is 0 Å². The number of hydrogen-bond acceptors (Lipinski definition) is 4. The van der Waals surface area contributed by atoms with Crippen LogP contribution in [0.4, 0.5) is 4.39 Å². The Kier molecular flexibility index (Phi) is 4.60. The topological polar surface area (TPSA) is 63.9 Å². The van der Waals surface area contributed by atoms with E-state index in [0.29, 0.717) is 12.4 Å². The number of carbonyl (C=O) groups is 1. The highest BCUT2D eigenvalue weighted by molar-refractivity contribution is 5.75. The molecule has 0 bridgehead atoms. The molecule has 1 aromatic heterocycles. The van der Waals surface area contributed by atoms with E-state index in [4.69, 9.17) is 0 Å². The molecule has 7 heteroatoms. The normalized spacial score (nSPS) is 10.6. The third kappa shape index (κ3) is 3.81. The quantitative estimate of drug-likeness (QED) is 0.721. The van der Waals surface area contributed by atoms with Crippen molar-refractivity contribution in [3.05, 3.63) is 66.0 Å². The number of hydrogen-bond donors (Lipinski definition) is 0. The molecule has 0 unspecified atom stereocenters. The SMILES string of the molecule is CN(Cc1ccc(F)cc1)C(=O)Cn1nnc(-c2ccccc2)n1. The second-order valence-electron chi connectivity index (χ2n) is 5.39. The van der Waals surface area contributed by atoms with Crippen LogP contribution in [0.2, 0.25) is 0 Å². The first-order chi connectivity index (χ1) is 11.6. The Morgan fingerprint density at radius 3 is 2.54 bits per heavy atom. The molecule has 0 fully saturated rings. The minimum Gasteiger partial charge on any atom is -0.340 e. The van der Waals surface area contributed by atoms with E-state index in [-0.39, 0.29) is 18.3 Å². The zero-order valence-corrected chi connectivity index (χ0v) is 13.1. The van der Waals surface area contributed by atoms with Crippen LogP contribution in [0.5, 0.6) is 0 Å². The predicted molar refractivity (Wildman–Crippen MR) is 86.1 cm³/mol. The summed E-state index contributed by atoms with van der Waals surface area (Å²) in [5.41, 5.74) is 1.69. The summed E-state index contributed by atoms with van der Waals surface area (Å²) in [7, 11) is 1.68. The van der Waals surface area contributed by atoms with E-state index in [9.17, 15) is 9.18 Å². The summed E-state index contributed by atoms with van der Waals surface area (Å²) in [4.78, 5) is 15.1. The van der Waals surface area contributed by atoms with Gasteiger partial charge >= 0.3 is 0 Å². The molecule has 0 spiro atoms. The van der Waals surface area contributed by atoms with Crippen molar-refractivity contribution in [1.29, 1.82) is 0 Å². The van der Waals surface area contributed by atoms with Crippen molar-refractivity contribution in [3.8, 4) is 11.4 Å². The van der Waals surface area contributed by atoms with E-state index in [1.54, 1.807) is 24.1 Å². The molecule has 0 atom stereocenters. The number of rotatable bonds is 5. The van der Waals surface area contributed by atoms with Crippen LogP contribution in [-0.4, -0.2) is 38.1 Å². The molecule has 122 valence electrons. The molecule has 0 saturated carbocycles. The molecule has 0 radical (unpaired) electrons. The van der Waals surface area contributed by atoms with Gasteiger partial charge in [0.15, 0.2) is 0 Å². The zero-order chi connectivity index (χ0) is 16.9. The van der Waals surface area contributed by atoms with Crippen molar-refractivity contribution in [2.45, 2.75) is 13.1 Å². The Hall–Kier alpha value is -3.09. The van der Waals surface area contributed by atoms with Gasteiger partial charge in [0.25, 0.3) is 0 Å². The molecule has 0 aliphatic carbocycles. The molecule has 0 N–H and O–H groups in total. The molecule has 2 aromatic carbocycles. The third-order valence-electron chi connectivity index (χ3n) is 3.52. The van der Waals surface area contributed by atoms with Crippen molar-refractivity contribution in [3.63, 3.8) is 0 Å². The number of halogens is 1. The first kappa shape index (κ1) is 15.8. The standard InChI is InChI=1S/C17H16FN5O/c1-22(11-13-7-9-15(18)10-8-13)16(24)12-23-20-17(19-21-23)14-5-3-2-4-6-14/h2-10H,11-12H2,1H3. The number of benzene rings is 2. The Morgan fingerprint density at radius 1 is 1.12 bits per heavy atom. The maximum Gasteiger partial charge on any atom is 0.246 e. The molecule has 0 saturated heterocycles. The van der Waals surface area contributed by atoms with E-state index in [0.717, 1.165) is 11.1 Å². The summed E-state index contributed by atoms with van der Waals surface area (Å²) in [6, 6.07) is 15.5. The third-order valence-corrected chi connectivity index (χ3v) is 3.52. The second kappa shape index (κ2) is 6.99. The summed E-state index contributed by atoms with van der Waals surface area (Å²) >= 11 is 0. The minimum atomic E-state index is -0.298. The van der Waals surface area contributed by atoms with Gasteiger partial charge < -0.3 is 4.90 Å². The fraction of sp³-hybridized carbons (Fsp3) is 0.176. The van der Waals surface area contributed by atoms with Crippen LogP contribution in [0, 0.1) is 5.82 Å². The smallest absolute Gasteiger partial charge is 0.246 e. The summed E-state index contributed by atoms with van der Waals surface area (Å²) in [6.45, 7) is 0.386. The number of likely N-dealkylation sites (N-methyl/N-ethyl adjacent to an activating group) is 1. The van der Waals surface area contributed by atoms with E-state index >= 15 is 0 Å². The van der Waals surface area contributed by atoms with Crippen LogP contribution in [0.1, 0.15) is 5.56 Å². The first-order valence-corrected chi connectivity index (χ1v) is 7.43. The van der Waals surface area contributed by atoms with E-state index in [1.807, 2.05) is 30.3 Å². The van der Waals surface area contributed by atoms with Gasteiger partial charge in [0.1, 0.15) is 12.4 Å². The number of aromatic nitrogens is 4. The van der Waals surface area contributed by atoms with E-state index in [2.05, 4.69) is 15.4 Å². The average Bonchev–Trinajstić information content (AvgIpc) is 3.06. The largest absolute Gasteiger partial charge is 0.340 e. The fourth-order valence-corrected chi connectivity index (χ4v) is 2.21. The summed E-state index contributed by atoms with van der Waals surface area (Å²) in [5, 5.41) is 12.1. The van der Waals surface area contributed by atoms with Gasteiger partial charge in [0.05, 0.1) is 0 Å². The summed E-state index contributed by atoms with van der Waals surface area (Å²) in [6.07, 6.45) is 0. The molecule has 3 aromatic rings. The fourth-order valence-electron chi connectivity index (χ4n) is 2.21. The van der Waals surface area contributed by atoms with Crippen LogP contribution >= 0.6 is 0 Å². The minimum absolute atomic E-state index is 0.00245. The molecular weight excluding hydrogens is 309 g/mol. The first-order valence-electron chi connectivity index (χ1n) is 7.43. The highest BCUT2D eigenvalue weighted by Gasteiger charge is 2.13. The monoisotopic (exact) mass is 325 g/mol. The van der Waals surface area contributed by atoms with Crippen molar-refractivity contribution >= 4 is 5.91 Å². The molecule has 1 amide bonds. The van der Waals surface area contributed by atoms with Crippen molar-refractivity contribution in [2.24, 2.45) is 0 Å².